The number of carbonyl (C=O) groups is 1. The molecule has 0 unspecified atom stereocenters. The van der Waals surface area contributed by atoms with Gasteiger partial charge in [-0.15, -0.1) is 0 Å². The molecule has 3 aromatic rings. The standard InChI is InChI=1S/C28H28F3N5O3S/c1-35-13-15-36(16-14-35)18-19-7-9-21(10-8-19)32-26(20-5-3-2-4-6-20)25-23-17-22(11-12-24(23)33-27(25)37)34-40(38,39)28(29,30)31/h2-12,17,32,34H,13-16,18H2,1H3,(H,33,37)/b26-25+. The molecular weight excluding hydrogens is 543 g/mol. The highest BCUT2D eigenvalue weighted by Gasteiger charge is 2.46. The summed E-state index contributed by atoms with van der Waals surface area (Å²) in [6.45, 7) is 4.87. The first kappa shape index (κ1) is 27.7. The van der Waals surface area contributed by atoms with Crippen molar-refractivity contribution in [1.82, 2.24) is 9.80 Å². The molecule has 0 aromatic heterocycles. The van der Waals surface area contributed by atoms with Gasteiger partial charge in [-0.2, -0.15) is 21.6 Å². The van der Waals surface area contributed by atoms with Crippen molar-refractivity contribution in [2.75, 3.05) is 48.6 Å². The number of piperazine rings is 1. The molecule has 12 heteroatoms. The zero-order chi connectivity index (χ0) is 28.5. The van der Waals surface area contributed by atoms with Crippen LogP contribution in [-0.2, 0) is 21.4 Å². The molecule has 2 heterocycles. The Morgan fingerprint density at radius 3 is 2.23 bits per heavy atom. The molecule has 210 valence electrons. The van der Waals surface area contributed by atoms with Crippen LogP contribution in [0.1, 0.15) is 16.7 Å². The highest BCUT2D eigenvalue weighted by molar-refractivity contribution is 7.93. The van der Waals surface area contributed by atoms with Crippen LogP contribution in [0.3, 0.4) is 0 Å². The fraction of sp³-hybridized carbons (Fsp3) is 0.250. The number of benzene rings is 3. The summed E-state index contributed by atoms with van der Waals surface area (Å²) in [5, 5.41) is 6.03. The van der Waals surface area contributed by atoms with Crippen LogP contribution >= 0.6 is 0 Å². The van der Waals surface area contributed by atoms with Gasteiger partial charge in [0.15, 0.2) is 0 Å². The Labute approximate surface area is 230 Å². The first-order valence-electron chi connectivity index (χ1n) is 12.6. The predicted molar refractivity (Wildman–Crippen MR) is 150 cm³/mol. The van der Waals surface area contributed by atoms with Gasteiger partial charge < -0.3 is 15.5 Å². The predicted octanol–water partition coefficient (Wildman–Crippen LogP) is 4.63. The third-order valence-corrected chi connectivity index (χ3v) is 7.97. The summed E-state index contributed by atoms with van der Waals surface area (Å²) >= 11 is 0. The number of nitrogens with zero attached hydrogens (tertiary/aromatic N) is 2. The second-order valence-electron chi connectivity index (χ2n) is 9.78. The molecule has 1 amide bonds. The van der Waals surface area contributed by atoms with E-state index in [1.54, 1.807) is 29.0 Å². The van der Waals surface area contributed by atoms with Gasteiger partial charge in [0.2, 0.25) is 0 Å². The normalized spacial score (nSPS) is 17.8. The van der Waals surface area contributed by atoms with Gasteiger partial charge in [-0.25, -0.2) is 0 Å². The van der Waals surface area contributed by atoms with Gasteiger partial charge in [0.25, 0.3) is 5.91 Å². The Kier molecular flexibility index (Phi) is 7.58. The number of sulfonamides is 1. The first-order chi connectivity index (χ1) is 19.0. The number of fused-ring (bicyclic) bond motifs is 1. The van der Waals surface area contributed by atoms with Crippen LogP contribution in [-0.4, -0.2) is 62.9 Å². The SMILES string of the molecule is CN1CCN(Cc2ccc(N/C(=C3/C(=O)Nc4ccc(NS(=O)(=O)C(F)(F)F)cc43)c3ccccc3)cc2)CC1. The minimum Gasteiger partial charge on any atom is -0.354 e. The summed E-state index contributed by atoms with van der Waals surface area (Å²) in [5.41, 5.74) is -2.04. The fourth-order valence-electron chi connectivity index (χ4n) is 4.68. The third-order valence-electron chi connectivity index (χ3n) is 6.86. The van der Waals surface area contributed by atoms with E-state index in [2.05, 4.69) is 27.5 Å². The molecule has 0 saturated carbocycles. The van der Waals surface area contributed by atoms with Gasteiger partial charge in [-0.05, 0) is 48.5 Å². The van der Waals surface area contributed by atoms with Crippen molar-refractivity contribution in [1.29, 1.82) is 0 Å². The number of nitrogens with one attached hydrogen (secondary N) is 3. The fourth-order valence-corrected chi connectivity index (χ4v) is 5.23. The van der Waals surface area contributed by atoms with Crippen LogP contribution in [0, 0.1) is 0 Å². The van der Waals surface area contributed by atoms with Crippen LogP contribution < -0.4 is 15.4 Å². The van der Waals surface area contributed by atoms with Crippen molar-refractivity contribution in [3.8, 4) is 0 Å². The van der Waals surface area contributed by atoms with Gasteiger partial charge in [-0.3, -0.25) is 14.4 Å². The topological polar surface area (TPSA) is 93.8 Å². The molecule has 1 fully saturated rings. The average molecular weight is 572 g/mol. The van der Waals surface area contributed by atoms with Gasteiger partial charge in [-0.1, -0.05) is 42.5 Å². The van der Waals surface area contributed by atoms with Gasteiger partial charge in [0.05, 0.1) is 11.3 Å². The zero-order valence-corrected chi connectivity index (χ0v) is 22.4. The Morgan fingerprint density at radius 2 is 1.57 bits per heavy atom. The maximum atomic E-state index is 13.2. The molecule has 0 atom stereocenters. The van der Waals surface area contributed by atoms with Crippen LogP contribution in [0.5, 0.6) is 0 Å². The molecule has 3 N–H and O–H groups in total. The first-order valence-corrected chi connectivity index (χ1v) is 14.1. The minimum absolute atomic E-state index is 0.177. The molecule has 0 aliphatic carbocycles. The monoisotopic (exact) mass is 571 g/mol. The maximum absolute atomic E-state index is 13.2. The number of amides is 1. The minimum atomic E-state index is -5.63. The summed E-state index contributed by atoms with van der Waals surface area (Å²) in [5.74, 6) is -0.469. The van der Waals surface area contributed by atoms with E-state index in [-0.39, 0.29) is 16.8 Å². The summed E-state index contributed by atoms with van der Waals surface area (Å²) < 4.78 is 63.8. The van der Waals surface area contributed by atoms with E-state index in [4.69, 9.17) is 0 Å². The second-order valence-corrected chi connectivity index (χ2v) is 11.5. The van der Waals surface area contributed by atoms with Gasteiger partial charge in [0, 0.05) is 55.3 Å². The van der Waals surface area contributed by atoms with Crippen molar-refractivity contribution >= 4 is 44.3 Å². The Balaban J connectivity index is 1.47. The largest absolute Gasteiger partial charge is 0.516 e. The molecular formula is C28H28F3N5O3S. The molecule has 2 aliphatic heterocycles. The van der Waals surface area contributed by atoms with E-state index in [1.807, 2.05) is 30.3 Å². The molecule has 2 aliphatic rings. The van der Waals surface area contributed by atoms with E-state index >= 15 is 0 Å². The van der Waals surface area contributed by atoms with Crippen molar-refractivity contribution < 1.29 is 26.4 Å². The number of rotatable bonds is 7. The number of carbonyl (C=O) groups excluding carboxylic acids is 1. The molecule has 8 nitrogen and oxygen atoms in total. The quantitative estimate of drug-likeness (QED) is 0.358. The van der Waals surface area contributed by atoms with Crippen LogP contribution in [0.15, 0.2) is 72.8 Å². The third kappa shape index (κ3) is 5.98. The summed E-state index contributed by atoms with van der Waals surface area (Å²) in [7, 11) is -3.52. The highest BCUT2D eigenvalue weighted by Crippen LogP contribution is 2.39. The van der Waals surface area contributed by atoms with Crippen molar-refractivity contribution in [2.45, 2.75) is 12.1 Å². The molecule has 5 rings (SSSR count). The lowest BCUT2D eigenvalue weighted by Crippen LogP contribution is -2.43. The number of halogens is 3. The van der Waals surface area contributed by atoms with E-state index in [0.717, 1.165) is 38.3 Å². The van der Waals surface area contributed by atoms with E-state index < -0.39 is 21.4 Å². The number of likely N-dealkylation sites (N-methyl/N-ethyl adjacent to an activating group) is 1. The Bertz CT molecular complexity index is 1530. The molecule has 40 heavy (non-hydrogen) atoms. The van der Waals surface area contributed by atoms with E-state index in [1.165, 1.54) is 18.2 Å². The average Bonchev–Trinajstić information content (AvgIpc) is 3.24. The van der Waals surface area contributed by atoms with Crippen molar-refractivity contribution in [3.63, 3.8) is 0 Å². The summed E-state index contributed by atoms with van der Waals surface area (Å²) in [6, 6.07) is 20.6. The smallest absolute Gasteiger partial charge is 0.354 e. The summed E-state index contributed by atoms with van der Waals surface area (Å²) in [4.78, 5) is 17.8. The number of alkyl halides is 3. The molecule has 0 spiro atoms. The van der Waals surface area contributed by atoms with Crippen LogP contribution in [0.4, 0.5) is 30.2 Å². The van der Waals surface area contributed by atoms with Gasteiger partial charge in [0.1, 0.15) is 0 Å². The lowest BCUT2D eigenvalue weighted by molar-refractivity contribution is -0.110. The summed E-state index contributed by atoms with van der Waals surface area (Å²) in [6.07, 6.45) is 0. The van der Waals surface area contributed by atoms with Crippen molar-refractivity contribution in [3.05, 3.63) is 89.5 Å². The number of hydrogen-bond acceptors (Lipinski definition) is 6. The van der Waals surface area contributed by atoms with Crippen LogP contribution in [0.25, 0.3) is 11.3 Å². The second kappa shape index (κ2) is 11.0. The van der Waals surface area contributed by atoms with Crippen molar-refractivity contribution in [2.24, 2.45) is 0 Å². The van der Waals surface area contributed by atoms with Crippen LogP contribution in [0.2, 0.25) is 0 Å². The highest BCUT2D eigenvalue weighted by atomic mass is 32.2. The zero-order valence-electron chi connectivity index (χ0n) is 21.6. The maximum Gasteiger partial charge on any atom is 0.516 e. The molecule has 0 radical (unpaired) electrons. The van der Waals surface area contributed by atoms with Gasteiger partial charge >= 0.3 is 15.5 Å². The Morgan fingerprint density at radius 1 is 0.925 bits per heavy atom. The number of anilines is 3. The lowest BCUT2D eigenvalue weighted by Gasteiger charge is -2.32. The lowest BCUT2D eigenvalue weighted by atomic mass is 9.99. The molecule has 3 aromatic carbocycles. The van der Waals surface area contributed by atoms with E-state index in [9.17, 15) is 26.4 Å². The molecule has 1 saturated heterocycles. The Hall–Kier alpha value is -3.87. The number of hydrogen-bond donors (Lipinski definition) is 3. The molecule has 0 bridgehead atoms. The van der Waals surface area contributed by atoms with E-state index in [0.29, 0.717) is 22.6 Å².